The number of nitrogens with one attached hydrogen (secondary N) is 1. The number of amides is 1. The molecule has 0 bridgehead atoms. The summed E-state index contributed by atoms with van der Waals surface area (Å²) in [6, 6.07) is 2.70. The van der Waals surface area contributed by atoms with Crippen molar-refractivity contribution in [2.24, 2.45) is 0 Å². The van der Waals surface area contributed by atoms with Crippen LogP contribution in [0.2, 0.25) is 0 Å². The molecule has 122 valence electrons. The summed E-state index contributed by atoms with van der Waals surface area (Å²) in [4.78, 5) is 15.8. The molecular formula is C12H15F2N3O4S. The van der Waals surface area contributed by atoms with Crippen LogP contribution in [-0.2, 0) is 21.4 Å². The van der Waals surface area contributed by atoms with E-state index >= 15 is 0 Å². The van der Waals surface area contributed by atoms with E-state index in [-0.39, 0.29) is 18.7 Å². The van der Waals surface area contributed by atoms with E-state index < -0.39 is 27.8 Å². The Hall–Kier alpha value is -1.81. The van der Waals surface area contributed by atoms with E-state index in [1.807, 2.05) is 0 Å². The molecule has 1 amide bonds. The van der Waals surface area contributed by atoms with Gasteiger partial charge >= 0.3 is 6.61 Å². The lowest BCUT2D eigenvalue weighted by Gasteiger charge is -2.12. The molecule has 1 unspecified atom stereocenters. The second-order valence-electron chi connectivity index (χ2n) is 4.73. The Morgan fingerprint density at radius 1 is 1.55 bits per heavy atom. The van der Waals surface area contributed by atoms with Crippen molar-refractivity contribution < 1.29 is 26.7 Å². The molecule has 2 heterocycles. The van der Waals surface area contributed by atoms with Crippen molar-refractivity contribution in [1.82, 2.24) is 14.6 Å². The Bertz CT molecular complexity index is 636. The van der Waals surface area contributed by atoms with Gasteiger partial charge in [0, 0.05) is 13.6 Å². The van der Waals surface area contributed by atoms with Crippen molar-refractivity contribution in [3.05, 3.63) is 24.0 Å². The predicted molar refractivity (Wildman–Crippen MR) is 72.7 cm³/mol. The van der Waals surface area contributed by atoms with Gasteiger partial charge in [-0.25, -0.2) is 12.7 Å². The molecule has 0 spiro atoms. The maximum Gasteiger partial charge on any atom is 0.387 e. The van der Waals surface area contributed by atoms with Gasteiger partial charge in [0.15, 0.2) is 5.25 Å². The van der Waals surface area contributed by atoms with Crippen molar-refractivity contribution in [2.75, 3.05) is 13.6 Å². The van der Waals surface area contributed by atoms with Crippen molar-refractivity contribution in [2.45, 2.75) is 24.8 Å². The minimum atomic E-state index is -3.59. The van der Waals surface area contributed by atoms with Crippen LogP contribution in [-0.4, -0.2) is 49.1 Å². The van der Waals surface area contributed by atoms with E-state index in [1.165, 1.54) is 19.2 Å². The van der Waals surface area contributed by atoms with Crippen LogP contribution in [0, 0.1) is 0 Å². The van der Waals surface area contributed by atoms with Crippen LogP contribution in [0.5, 0.6) is 5.75 Å². The molecule has 1 saturated heterocycles. The molecule has 1 aliphatic heterocycles. The van der Waals surface area contributed by atoms with Gasteiger partial charge in [-0.3, -0.25) is 9.78 Å². The molecule has 7 nitrogen and oxygen atoms in total. The maximum atomic E-state index is 12.0. The second kappa shape index (κ2) is 6.53. The SMILES string of the molecule is CN1CCC(C(=O)NCc2ccc(OC(F)F)cn2)S1(=O)=O. The van der Waals surface area contributed by atoms with E-state index in [1.54, 1.807) is 0 Å². The van der Waals surface area contributed by atoms with E-state index in [0.29, 0.717) is 12.2 Å². The fraction of sp³-hybridized carbons (Fsp3) is 0.500. The molecule has 10 heteroatoms. The smallest absolute Gasteiger partial charge is 0.387 e. The standard InChI is InChI=1S/C12H15F2N3O4S/c1-17-5-4-10(22(17,19)20)11(18)16-6-8-2-3-9(7-15-8)21-12(13)14/h2-3,7,10,12H,4-6H2,1H3,(H,16,18). The Labute approximate surface area is 126 Å². The summed E-state index contributed by atoms with van der Waals surface area (Å²) in [6.07, 6.45) is 1.34. The van der Waals surface area contributed by atoms with E-state index in [4.69, 9.17) is 0 Å². The first-order valence-corrected chi connectivity index (χ1v) is 7.93. The molecule has 1 N–H and O–H groups in total. The van der Waals surface area contributed by atoms with E-state index in [2.05, 4.69) is 15.0 Å². The zero-order chi connectivity index (χ0) is 16.3. The minimum Gasteiger partial charge on any atom is -0.433 e. The van der Waals surface area contributed by atoms with Crippen LogP contribution in [0.4, 0.5) is 8.78 Å². The summed E-state index contributed by atoms with van der Waals surface area (Å²) in [5, 5.41) is 1.38. The van der Waals surface area contributed by atoms with Gasteiger partial charge in [0.25, 0.3) is 0 Å². The van der Waals surface area contributed by atoms with Gasteiger partial charge in [-0.05, 0) is 18.6 Å². The predicted octanol–water partition coefficient (Wildman–Crippen LogP) is 0.333. The summed E-state index contributed by atoms with van der Waals surface area (Å²) < 4.78 is 53.0. The molecule has 0 aliphatic carbocycles. The van der Waals surface area contributed by atoms with Crippen LogP contribution >= 0.6 is 0 Å². The van der Waals surface area contributed by atoms with Crippen molar-refractivity contribution in [3.8, 4) is 5.75 Å². The third kappa shape index (κ3) is 3.69. The molecule has 1 atom stereocenters. The number of pyridine rings is 1. The van der Waals surface area contributed by atoms with Crippen LogP contribution in [0.25, 0.3) is 0 Å². The first-order chi connectivity index (χ1) is 10.3. The fourth-order valence-electron chi connectivity index (χ4n) is 2.04. The molecule has 2 rings (SSSR count). The number of carbonyl (C=O) groups excluding carboxylic acids is 1. The minimum absolute atomic E-state index is 0.00350. The zero-order valence-corrected chi connectivity index (χ0v) is 12.5. The highest BCUT2D eigenvalue weighted by molar-refractivity contribution is 7.90. The number of aromatic nitrogens is 1. The number of ether oxygens (including phenoxy) is 1. The Balaban J connectivity index is 1.92. The van der Waals surface area contributed by atoms with Gasteiger partial charge in [-0.2, -0.15) is 8.78 Å². The van der Waals surface area contributed by atoms with Gasteiger partial charge in [-0.1, -0.05) is 0 Å². The third-order valence-electron chi connectivity index (χ3n) is 3.26. The average molecular weight is 335 g/mol. The quantitative estimate of drug-likeness (QED) is 0.838. The highest BCUT2D eigenvalue weighted by Crippen LogP contribution is 2.20. The second-order valence-corrected chi connectivity index (χ2v) is 6.95. The summed E-state index contributed by atoms with van der Waals surface area (Å²) in [6.45, 7) is -2.63. The monoisotopic (exact) mass is 335 g/mol. The highest BCUT2D eigenvalue weighted by atomic mass is 32.2. The van der Waals surface area contributed by atoms with Crippen LogP contribution < -0.4 is 10.1 Å². The lowest BCUT2D eigenvalue weighted by molar-refractivity contribution is -0.120. The lowest BCUT2D eigenvalue weighted by atomic mass is 10.2. The van der Waals surface area contributed by atoms with Crippen LogP contribution in [0.1, 0.15) is 12.1 Å². The fourth-order valence-corrected chi connectivity index (χ4v) is 3.59. The van der Waals surface area contributed by atoms with Crippen molar-refractivity contribution in [3.63, 3.8) is 0 Å². The first-order valence-electron chi connectivity index (χ1n) is 6.43. The first kappa shape index (κ1) is 16.6. The molecule has 1 aromatic rings. The molecule has 22 heavy (non-hydrogen) atoms. The number of alkyl halides is 2. The van der Waals surface area contributed by atoms with Crippen molar-refractivity contribution in [1.29, 1.82) is 0 Å². The van der Waals surface area contributed by atoms with E-state index in [9.17, 15) is 22.0 Å². The maximum absolute atomic E-state index is 12.0. The van der Waals surface area contributed by atoms with Crippen LogP contribution in [0.3, 0.4) is 0 Å². The number of hydrogen-bond acceptors (Lipinski definition) is 5. The van der Waals surface area contributed by atoms with Gasteiger partial charge in [-0.15, -0.1) is 0 Å². The highest BCUT2D eigenvalue weighted by Gasteiger charge is 2.41. The Morgan fingerprint density at radius 3 is 2.77 bits per heavy atom. The zero-order valence-electron chi connectivity index (χ0n) is 11.7. The molecule has 1 fully saturated rings. The largest absolute Gasteiger partial charge is 0.433 e. The summed E-state index contributed by atoms with van der Waals surface area (Å²) >= 11 is 0. The Morgan fingerprint density at radius 2 is 2.27 bits per heavy atom. The van der Waals surface area contributed by atoms with Gasteiger partial charge in [0.2, 0.25) is 15.9 Å². The molecule has 0 saturated carbocycles. The van der Waals surface area contributed by atoms with E-state index in [0.717, 1.165) is 10.5 Å². The topological polar surface area (TPSA) is 88.6 Å². The molecule has 1 aromatic heterocycles. The average Bonchev–Trinajstić information content (AvgIpc) is 2.71. The summed E-state index contributed by atoms with van der Waals surface area (Å²) in [5.41, 5.74) is 0.402. The third-order valence-corrected chi connectivity index (χ3v) is 5.48. The molecule has 0 radical (unpaired) electrons. The number of sulfonamides is 1. The number of rotatable bonds is 5. The van der Waals surface area contributed by atoms with Gasteiger partial charge in [0.1, 0.15) is 5.75 Å². The Kier molecular flexibility index (Phi) is 4.91. The van der Waals surface area contributed by atoms with Gasteiger partial charge in [0.05, 0.1) is 18.4 Å². The van der Waals surface area contributed by atoms with Crippen LogP contribution in [0.15, 0.2) is 18.3 Å². The lowest BCUT2D eigenvalue weighted by Crippen LogP contribution is -2.39. The molecule has 1 aliphatic rings. The van der Waals surface area contributed by atoms with Gasteiger partial charge < -0.3 is 10.1 Å². The number of hydrogen-bond donors (Lipinski definition) is 1. The normalized spacial score (nSPS) is 21.0. The molecule has 0 aromatic carbocycles. The molecular weight excluding hydrogens is 320 g/mol. The number of carbonyl (C=O) groups is 1. The number of nitrogens with zero attached hydrogens (tertiary/aromatic N) is 2. The summed E-state index contributed by atoms with van der Waals surface area (Å²) in [7, 11) is -2.17. The number of halogens is 2. The summed E-state index contributed by atoms with van der Waals surface area (Å²) in [5.74, 6) is -0.691. The van der Waals surface area contributed by atoms with Crippen molar-refractivity contribution >= 4 is 15.9 Å².